The molecule has 0 radical (unpaired) electrons. The second kappa shape index (κ2) is 4.28. The monoisotopic (exact) mass is 312 g/mol. The second-order valence-corrected chi connectivity index (χ2v) is 6.61. The van der Waals surface area contributed by atoms with Gasteiger partial charge >= 0.3 is 0 Å². The average Bonchev–Trinajstić information content (AvgIpc) is 2.61. The zero-order valence-corrected chi connectivity index (χ0v) is 13.1. The highest BCUT2D eigenvalue weighted by atomic mass is 35.5. The van der Waals surface area contributed by atoms with Crippen LogP contribution < -0.4 is 0 Å². The normalized spacial score (nSPS) is 22.7. The Balaban J connectivity index is 2.05. The molecule has 23 heavy (non-hydrogen) atoms. The molecule has 0 aromatic heterocycles. The fourth-order valence-corrected chi connectivity index (χ4v) is 4.83. The molecule has 0 aliphatic heterocycles. The maximum absolute atomic E-state index is 6.64. The van der Waals surface area contributed by atoms with Crippen LogP contribution in [0.1, 0.15) is 39.3 Å². The van der Waals surface area contributed by atoms with Crippen LogP contribution in [0.2, 0.25) is 5.02 Å². The van der Waals surface area contributed by atoms with Crippen LogP contribution in [-0.4, -0.2) is 0 Å². The lowest BCUT2D eigenvalue weighted by molar-refractivity contribution is 0.667. The van der Waals surface area contributed by atoms with Crippen molar-refractivity contribution in [2.45, 2.75) is 11.3 Å². The van der Waals surface area contributed by atoms with Gasteiger partial charge in [0.25, 0.3) is 0 Å². The lowest BCUT2D eigenvalue weighted by Gasteiger charge is -2.48. The van der Waals surface area contributed by atoms with Crippen molar-refractivity contribution in [1.29, 1.82) is 0 Å². The molecule has 108 valence electrons. The van der Waals surface area contributed by atoms with Crippen molar-refractivity contribution in [3.63, 3.8) is 0 Å². The Hall–Kier alpha value is -2.49. The molecule has 1 heteroatoms. The first-order chi connectivity index (χ1) is 11.3. The molecule has 3 aliphatic carbocycles. The van der Waals surface area contributed by atoms with Crippen LogP contribution in [0.5, 0.6) is 0 Å². The van der Waals surface area contributed by atoms with E-state index in [0.29, 0.717) is 0 Å². The number of benzene rings is 3. The number of hydrogen-bond donors (Lipinski definition) is 0. The van der Waals surface area contributed by atoms with Crippen molar-refractivity contribution >= 4 is 11.6 Å². The Kier molecular flexibility index (Phi) is 2.42. The number of rotatable bonds is 0. The largest absolute Gasteiger partial charge is 0.118 e. The molecule has 3 aliphatic rings. The van der Waals surface area contributed by atoms with Gasteiger partial charge in [0.1, 0.15) is 5.41 Å². The predicted octanol–water partition coefficient (Wildman–Crippen LogP) is 5.11. The predicted molar refractivity (Wildman–Crippen MR) is 94.0 cm³/mol. The van der Waals surface area contributed by atoms with Gasteiger partial charge < -0.3 is 0 Å². The summed E-state index contributed by atoms with van der Waals surface area (Å²) in [5.41, 5.74) is 6.76. The maximum Gasteiger partial charge on any atom is 0.108 e. The van der Waals surface area contributed by atoms with Crippen LogP contribution in [0.15, 0.2) is 66.7 Å². The molecule has 2 bridgehead atoms. The van der Waals surface area contributed by atoms with Gasteiger partial charge in [-0.05, 0) is 33.9 Å². The lowest BCUT2D eigenvalue weighted by Crippen LogP contribution is -2.41. The fraction of sp³-hybridized carbons (Fsp3) is 0.0909. The van der Waals surface area contributed by atoms with Crippen LogP contribution >= 0.6 is 11.6 Å². The Bertz CT molecular complexity index is 959. The molecular weight excluding hydrogens is 300 g/mol. The molecule has 0 saturated carbocycles. The van der Waals surface area contributed by atoms with Gasteiger partial charge in [0.2, 0.25) is 0 Å². The van der Waals surface area contributed by atoms with Gasteiger partial charge in [0.05, 0.1) is 0 Å². The smallest absolute Gasteiger partial charge is 0.108 e. The minimum atomic E-state index is -0.588. The van der Waals surface area contributed by atoms with Crippen LogP contribution in [-0.2, 0) is 5.41 Å². The van der Waals surface area contributed by atoms with Crippen molar-refractivity contribution in [2.24, 2.45) is 0 Å². The molecule has 3 aromatic carbocycles. The summed E-state index contributed by atoms with van der Waals surface area (Å²) in [6.07, 6.45) is 6.18. The third kappa shape index (κ3) is 1.35. The molecule has 0 N–H and O–H groups in total. The molecule has 0 heterocycles. The van der Waals surface area contributed by atoms with Gasteiger partial charge in [-0.1, -0.05) is 78.2 Å². The van der Waals surface area contributed by atoms with E-state index in [1.807, 2.05) is 12.1 Å². The molecule has 0 atom stereocenters. The van der Waals surface area contributed by atoms with Crippen molar-refractivity contribution in [3.8, 4) is 12.3 Å². The van der Waals surface area contributed by atoms with E-state index in [1.54, 1.807) is 0 Å². The first kappa shape index (κ1) is 13.0. The molecule has 0 fully saturated rings. The van der Waals surface area contributed by atoms with Gasteiger partial charge in [-0.15, -0.1) is 6.42 Å². The average molecular weight is 313 g/mol. The highest BCUT2D eigenvalue weighted by Crippen LogP contribution is 2.59. The minimum Gasteiger partial charge on any atom is -0.118 e. The Labute approximate surface area is 140 Å². The molecular formula is C22H13Cl. The SMILES string of the molecule is C#CC12c3ccccc3C(c3ccccc31)c1cccc(Cl)c12. The fourth-order valence-electron chi connectivity index (χ4n) is 4.50. The van der Waals surface area contributed by atoms with Crippen LogP contribution in [0, 0.1) is 12.3 Å². The van der Waals surface area contributed by atoms with E-state index >= 15 is 0 Å². The Morgan fingerprint density at radius 2 is 1.35 bits per heavy atom. The Morgan fingerprint density at radius 1 is 0.783 bits per heavy atom. The Morgan fingerprint density at radius 3 is 1.96 bits per heavy atom. The van der Waals surface area contributed by atoms with Gasteiger partial charge in [0, 0.05) is 16.5 Å². The van der Waals surface area contributed by atoms with Gasteiger partial charge in [-0.2, -0.15) is 0 Å². The van der Waals surface area contributed by atoms with E-state index in [2.05, 4.69) is 60.5 Å². The summed E-state index contributed by atoms with van der Waals surface area (Å²) >= 11 is 6.64. The van der Waals surface area contributed by atoms with E-state index in [9.17, 15) is 0 Å². The summed E-state index contributed by atoms with van der Waals surface area (Å²) < 4.78 is 0. The number of halogens is 1. The molecule has 6 rings (SSSR count). The summed E-state index contributed by atoms with van der Waals surface area (Å²) in [5.74, 6) is 3.34. The molecule has 3 aromatic rings. The van der Waals surface area contributed by atoms with Gasteiger partial charge in [-0.3, -0.25) is 0 Å². The zero-order valence-electron chi connectivity index (χ0n) is 12.4. The highest BCUT2D eigenvalue weighted by molar-refractivity contribution is 6.32. The first-order valence-corrected chi connectivity index (χ1v) is 8.12. The van der Waals surface area contributed by atoms with Crippen molar-refractivity contribution in [1.82, 2.24) is 0 Å². The summed E-state index contributed by atoms with van der Waals surface area (Å²) in [4.78, 5) is 0. The van der Waals surface area contributed by atoms with E-state index in [4.69, 9.17) is 18.0 Å². The quantitative estimate of drug-likeness (QED) is 0.506. The van der Waals surface area contributed by atoms with E-state index in [-0.39, 0.29) is 5.92 Å². The van der Waals surface area contributed by atoms with Crippen molar-refractivity contribution in [2.75, 3.05) is 0 Å². The summed E-state index contributed by atoms with van der Waals surface area (Å²) in [6.45, 7) is 0. The molecule has 0 saturated heterocycles. The van der Waals surface area contributed by atoms with E-state index in [1.165, 1.54) is 27.8 Å². The van der Waals surface area contributed by atoms with Crippen LogP contribution in [0.4, 0.5) is 0 Å². The number of hydrogen-bond acceptors (Lipinski definition) is 0. The van der Waals surface area contributed by atoms with Crippen molar-refractivity contribution in [3.05, 3.63) is 105 Å². The minimum absolute atomic E-state index is 0.214. The second-order valence-electron chi connectivity index (χ2n) is 6.21. The van der Waals surface area contributed by atoms with E-state index in [0.717, 1.165) is 10.6 Å². The molecule has 0 nitrogen and oxygen atoms in total. The van der Waals surface area contributed by atoms with E-state index < -0.39 is 5.41 Å². The third-order valence-corrected chi connectivity index (χ3v) is 5.61. The lowest BCUT2D eigenvalue weighted by atomic mass is 9.53. The number of terminal acetylenes is 1. The first-order valence-electron chi connectivity index (χ1n) is 7.74. The summed E-state index contributed by atoms with van der Waals surface area (Å²) in [5, 5.41) is 0.759. The molecule has 0 unspecified atom stereocenters. The van der Waals surface area contributed by atoms with Crippen molar-refractivity contribution < 1.29 is 0 Å². The van der Waals surface area contributed by atoms with Gasteiger partial charge in [-0.25, -0.2) is 0 Å². The molecule has 0 amide bonds. The standard InChI is InChI=1S/C22H13Cl/c1-2-22-17-11-5-3-8-14(17)20(15-9-4-6-12-18(15)22)16-10-7-13-19(23)21(16)22/h1,3-13,20H. The molecule has 0 spiro atoms. The zero-order chi connectivity index (χ0) is 15.6. The topological polar surface area (TPSA) is 0 Å². The summed E-state index contributed by atoms with van der Waals surface area (Å²) in [7, 11) is 0. The van der Waals surface area contributed by atoms with Crippen LogP contribution in [0.25, 0.3) is 0 Å². The van der Waals surface area contributed by atoms with Crippen LogP contribution in [0.3, 0.4) is 0 Å². The highest BCUT2D eigenvalue weighted by Gasteiger charge is 2.51. The maximum atomic E-state index is 6.64. The third-order valence-electron chi connectivity index (χ3n) is 5.30. The summed E-state index contributed by atoms with van der Waals surface area (Å²) in [6, 6.07) is 23.2. The van der Waals surface area contributed by atoms with Gasteiger partial charge in [0.15, 0.2) is 0 Å².